The van der Waals surface area contributed by atoms with Gasteiger partial charge in [0.2, 0.25) is 0 Å². The van der Waals surface area contributed by atoms with Crippen LogP contribution >= 0.6 is 11.3 Å². The molecule has 7 heteroatoms. The number of carbonyl (C=O) groups is 1. The van der Waals surface area contributed by atoms with Gasteiger partial charge in [-0.1, -0.05) is 11.3 Å². The quantitative estimate of drug-likeness (QED) is 0.607. The van der Waals surface area contributed by atoms with Crippen LogP contribution in [0, 0.1) is 17.6 Å². The minimum absolute atomic E-state index is 0.0134. The Morgan fingerprint density at radius 3 is 2.43 bits per heavy atom. The van der Waals surface area contributed by atoms with Gasteiger partial charge >= 0.3 is 4.87 Å². The van der Waals surface area contributed by atoms with Crippen LogP contribution in [-0.2, 0) is 6.54 Å². The molecule has 146 valence electrons. The number of aromatic nitrogens is 1. The molecule has 1 saturated heterocycles. The molecule has 0 spiro atoms. The van der Waals surface area contributed by atoms with E-state index in [2.05, 4.69) is 4.90 Å². The Morgan fingerprint density at radius 1 is 1.04 bits per heavy atom. The first kappa shape index (κ1) is 19.0. The van der Waals surface area contributed by atoms with Crippen LogP contribution in [0.4, 0.5) is 8.78 Å². The summed E-state index contributed by atoms with van der Waals surface area (Å²) in [4.78, 5) is 26.7. The van der Waals surface area contributed by atoms with Crippen molar-refractivity contribution in [1.29, 1.82) is 0 Å². The third kappa shape index (κ3) is 4.05. The van der Waals surface area contributed by atoms with Crippen molar-refractivity contribution in [3.05, 3.63) is 69.3 Å². The average Bonchev–Trinajstić information content (AvgIpc) is 2.98. The van der Waals surface area contributed by atoms with Crippen LogP contribution in [0.3, 0.4) is 0 Å². The van der Waals surface area contributed by atoms with Crippen LogP contribution in [0.2, 0.25) is 0 Å². The Bertz CT molecular complexity index is 1050. The van der Waals surface area contributed by atoms with E-state index < -0.39 is 0 Å². The van der Waals surface area contributed by atoms with E-state index >= 15 is 0 Å². The number of thiazole rings is 1. The summed E-state index contributed by atoms with van der Waals surface area (Å²) in [5.74, 6) is -0.352. The first-order valence-electron chi connectivity index (χ1n) is 9.29. The van der Waals surface area contributed by atoms with Gasteiger partial charge in [0.15, 0.2) is 5.78 Å². The number of ketones is 1. The van der Waals surface area contributed by atoms with Crippen LogP contribution in [0.25, 0.3) is 10.2 Å². The molecule has 0 bridgehead atoms. The molecule has 0 radical (unpaired) electrons. The van der Waals surface area contributed by atoms with Crippen molar-refractivity contribution in [2.45, 2.75) is 19.4 Å². The number of rotatable bonds is 5. The first-order valence-corrected chi connectivity index (χ1v) is 10.1. The molecule has 0 unspecified atom stereocenters. The van der Waals surface area contributed by atoms with E-state index in [-0.39, 0.29) is 22.3 Å². The summed E-state index contributed by atoms with van der Waals surface area (Å²) >= 11 is 1.07. The molecule has 0 N–H and O–H groups in total. The minimum Gasteiger partial charge on any atom is -0.298 e. The molecule has 0 aliphatic carbocycles. The Labute approximate surface area is 165 Å². The Hall–Kier alpha value is -2.38. The summed E-state index contributed by atoms with van der Waals surface area (Å²) in [6.07, 6.45) is 1.78. The van der Waals surface area contributed by atoms with Crippen molar-refractivity contribution in [1.82, 2.24) is 9.47 Å². The van der Waals surface area contributed by atoms with Gasteiger partial charge in [-0.15, -0.1) is 0 Å². The number of nitrogens with zero attached hydrogens (tertiary/aromatic N) is 2. The van der Waals surface area contributed by atoms with E-state index in [4.69, 9.17) is 0 Å². The predicted octanol–water partition coefficient (Wildman–Crippen LogP) is 3.94. The van der Waals surface area contributed by atoms with Gasteiger partial charge < -0.3 is 0 Å². The second kappa shape index (κ2) is 7.93. The second-order valence-electron chi connectivity index (χ2n) is 7.24. The highest BCUT2D eigenvalue weighted by atomic mass is 32.1. The van der Waals surface area contributed by atoms with Crippen LogP contribution in [-0.4, -0.2) is 34.9 Å². The normalized spacial score (nSPS) is 15.9. The van der Waals surface area contributed by atoms with Crippen LogP contribution < -0.4 is 4.87 Å². The Kier molecular flexibility index (Phi) is 5.37. The number of hydrogen-bond acceptors (Lipinski definition) is 4. The number of hydrogen-bond donors (Lipinski definition) is 0. The number of fused-ring (bicyclic) bond motifs is 1. The molecule has 0 atom stereocenters. The van der Waals surface area contributed by atoms with Gasteiger partial charge in [0.1, 0.15) is 11.6 Å². The highest BCUT2D eigenvalue weighted by Crippen LogP contribution is 2.23. The van der Waals surface area contributed by atoms with Gasteiger partial charge in [-0.25, -0.2) is 8.78 Å². The minimum atomic E-state index is -0.351. The Morgan fingerprint density at radius 2 is 1.71 bits per heavy atom. The zero-order valence-electron chi connectivity index (χ0n) is 15.2. The molecule has 1 aliphatic heterocycles. The van der Waals surface area contributed by atoms with Crippen LogP contribution in [0.1, 0.15) is 23.2 Å². The lowest BCUT2D eigenvalue weighted by Gasteiger charge is -2.31. The van der Waals surface area contributed by atoms with E-state index in [0.29, 0.717) is 29.3 Å². The van der Waals surface area contributed by atoms with E-state index in [9.17, 15) is 18.4 Å². The second-order valence-corrected chi connectivity index (χ2v) is 8.23. The third-order valence-electron chi connectivity index (χ3n) is 5.31. The number of likely N-dealkylation sites (tertiary alicyclic amines) is 1. The monoisotopic (exact) mass is 402 g/mol. The summed E-state index contributed by atoms with van der Waals surface area (Å²) in [6, 6.07) is 10.1. The zero-order chi connectivity index (χ0) is 19.7. The number of halogens is 2. The summed E-state index contributed by atoms with van der Waals surface area (Å²) in [5.41, 5.74) is 1.30. The van der Waals surface area contributed by atoms with E-state index in [1.807, 2.05) is 0 Å². The molecule has 2 heterocycles. The summed E-state index contributed by atoms with van der Waals surface area (Å²) in [7, 11) is 0. The van der Waals surface area contributed by atoms with Crippen molar-refractivity contribution in [3.8, 4) is 0 Å². The van der Waals surface area contributed by atoms with E-state index in [1.165, 1.54) is 36.4 Å². The first-order chi connectivity index (χ1) is 13.5. The van der Waals surface area contributed by atoms with Gasteiger partial charge in [-0.2, -0.15) is 0 Å². The smallest absolute Gasteiger partial charge is 0.298 e. The van der Waals surface area contributed by atoms with Crippen molar-refractivity contribution < 1.29 is 13.6 Å². The fourth-order valence-corrected chi connectivity index (χ4v) is 4.65. The maximum absolute atomic E-state index is 13.4. The van der Waals surface area contributed by atoms with Crippen molar-refractivity contribution in [2.24, 2.45) is 5.92 Å². The van der Waals surface area contributed by atoms with Gasteiger partial charge in [-0.3, -0.25) is 19.1 Å². The molecule has 2 aromatic carbocycles. The molecule has 1 aliphatic rings. The molecule has 3 aromatic rings. The fraction of sp³-hybridized carbons (Fsp3) is 0.333. The van der Waals surface area contributed by atoms with Crippen LogP contribution in [0.15, 0.2) is 47.3 Å². The lowest BCUT2D eigenvalue weighted by Crippen LogP contribution is -2.38. The number of Topliss-reactive ketones (excluding diaryl/α,β-unsaturated/α-hetero) is 1. The summed E-state index contributed by atoms with van der Waals surface area (Å²) in [5, 5.41) is 0. The molecule has 4 rings (SSSR count). The van der Waals surface area contributed by atoms with Crippen molar-refractivity contribution in [3.63, 3.8) is 0 Å². The molecule has 1 fully saturated rings. The molecule has 4 nitrogen and oxygen atoms in total. The molecule has 0 saturated carbocycles. The van der Waals surface area contributed by atoms with Gasteiger partial charge in [0.05, 0.1) is 16.8 Å². The maximum Gasteiger partial charge on any atom is 0.308 e. The largest absolute Gasteiger partial charge is 0.308 e. The SMILES string of the molecule is O=C(CN1CCC(Cn2c(=O)sc3cc(F)ccc32)CC1)c1ccc(F)cc1. The third-order valence-corrected chi connectivity index (χ3v) is 6.25. The number of piperidine rings is 1. The van der Waals surface area contributed by atoms with E-state index in [1.54, 1.807) is 10.6 Å². The Balaban J connectivity index is 1.36. The molecule has 0 amide bonds. The average molecular weight is 402 g/mol. The summed E-state index contributed by atoms with van der Waals surface area (Å²) in [6.45, 7) is 2.50. The molecule has 1 aromatic heterocycles. The highest BCUT2D eigenvalue weighted by Gasteiger charge is 2.23. The van der Waals surface area contributed by atoms with Crippen molar-refractivity contribution >= 4 is 27.3 Å². The van der Waals surface area contributed by atoms with Crippen molar-refractivity contribution in [2.75, 3.05) is 19.6 Å². The molecule has 28 heavy (non-hydrogen) atoms. The fourth-order valence-electron chi connectivity index (χ4n) is 3.73. The topological polar surface area (TPSA) is 42.3 Å². The highest BCUT2D eigenvalue weighted by molar-refractivity contribution is 7.16. The molecular formula is C21H20F2N2O2S. The standard InChI is InChI=1S/C21H20F2N2O2S/c22-16-3-1-15(2-4-16)19(26)13-24-9-7-14(8-10-24)12-25-18-6-5-17(23)11-20(18)28-21(25)27/h1-6,11,14H,7-10,12-13H2. The lowest BCUT2D eigenvalue weighted by atomic mass is 9.96. The zero-order valence-corrected chi connectivity index (χ0v) is 16.1. The van der Waals surface area contributed by atoms with Crippen LogP contribution in [0.5, 0.6) is 0 Å². The molecular weight excluding hydrogens is 382 g/mol. The van der Waals surface area contributed by atoms with Gasteiger partial charge in [0.25, 0.3) is 0 Å². The van der Waals surface area contributed by atoms with Gasteiger partial charge in [0, 0.05) is 12.1 Å². The maximum atomic E-state index is 13.4. The van der Waals surface area contributed by atoms with E-state index in [0.717, 1.165) is 42.8 Å². The number of benzene rings is 2. The predicted molar refractivity (Wildman–Crippen MR) is 106 cm³/mol. The van der Waals surface area contributed by atoms with Gasteiger partial charge in [-0.05, 0) is 74.3 Å². The lowest BCUT2D eigenvalue weighted by molar-refractivity contribution is 0.0890. The summed E-state index contributed by atoms with van der Waals surface area (Å²) < 4.78 is 28.8. The number of carbonyl (C=O) groups excluding carboxylic acids is 1.